The Morgan fingerprint density at radius 3 is 2.58 bits per heavy atom. The Morgan fingerprint density at radius 2 is 1.88 bits per heavy atom. The summed E-state index contributed by atoms with van der Waals surface area (Å²) in [4.78, 5) is 30.6. The van der Waals surface area contributed by atoms with Crippen LogP contribution in [0, 0.1) is 6.92 Å². The summed E-state index contributed by atoms with van der Waals surface area (Å²) in [5, 5.41) is 7.28. The minimum atomic E-state index is -3.96. The zero-order chi connectivity index (χ0) is 23.2. The van der Waals surface area contributed by atoms with E-state index in [0.717, 1.165) is 32.9 Å². The van der Waals surface area contributed by atoms with E-state index in [4.69, 9.17) is 0 Å². The summed E-state index contributed by atoms with van der Waals surface area (Å²) in [6.07, 6.45) is 1.38. The van der Waals surface area contributed by atoms with Crippen LogP contribution in [0.3, 0.4) is 0 Å². The van der Waals surface area contributed by atoms with Gasteiger partial charge in [-0.3, -0.25) is 9.36 Å². The number of fused-ring (bicyclic) bond motifs is 3. The second kappa shape index (κ2) is 8.10. The summed E-state index contributed by atoms with van der Waals surface area (Å²) in [7, 11) is -3.96. The van der Waals surface area contributed by atoms with Gasteiger partial charge in [0.25, 0.3) is 15.6 Å². The third-order valence-electron chi connectivity index (χ3n) is 5.34. The Morgan fingerprint density at radius 1 is 1.09 bits per heavy atom. The van der Waals surface area contributed by atoms with Crippen LogP contribution >= 0.6 is 11.3 Å². The molecular weight excluding hydrogens is 462 g/mol. The van der Waals surface area contributed by atoms with Gasteiger partial charge in [-0.1, -0.05) is 18.2 Å². The number of rotatable bonds is 4. The fourth-order valence-electron chi connectivity index (χ4n) is 3.88. The van der Waals surface area contributed by atoms with Crippen LogP contribution in [0.1, 0.15) is 16.1 Å². The molecule has 0 aliphatic carbocycles. The summed E-state index contributed by atoms with van der Waals surface area (Å²) in [5.41, 5.74) is 2.03. The van der Waals surface area contributed by atoms with Crippen LogP contribution in [0.5, 0.6) is 0 Å². The molecule has 9 nitrogen and oxygen atoms in total. The van der Waals surface area contributed by atoms with Gasteiger partial charge in [0.2, 0.25) is 0 Å². The SMILES string of the molecule is Cc1ccc(S(=O)(=O)NC(=O)Nc2ccc(-n3c4c(c5ccccc5c3=O)CNC4)nc2)s1. The van der Waals surface area contributed by atoms with Crippen LogP contribution in [0.4, 0.5) is 10.5 Å². The number of hydrogen-bond acceptors (Lipinski definition) is 7. The van der Waals surface area contributed by atoms with Crippen LogP contribution in [0.25, 0.3) is 16.6 Å². The van der Waals surface area contributed by atoms with Gasteiger partial charge in [-0.15, -0.1) is 11.3 Å². The molecule has 0 atom stereocenters. The van der Waals surface area contributed by atoms with Gasteiger partial charge in [0, 0.05) is 29.0 Å². The number of amides is 2. The molecule has 0 unspecified atom stereocenters. The Labute approximate surface area is 193 Å². The van der Waals surface area contributed by atoms with E-state index in [0.29, 0.717) is 24.3 Å². The summed E-state index contributed by atoms with van der Waals surface area (Å²) < 4.78 is 28.3. The molecule has 3 aromatic heterocycles. The highest BCUT2D eigenvalue weighted by atomic mass is 32.2. The Bertz CT molecular complexity index is 1560. The van der Waals surface area contributed by atoms with E-state index in [-0.39, 0.29) is 15.5 Å². The van der Waals surface area contributed by atoms with Crippen molar-refractivity contribution >= 4 is 43.9 Å². The number of carbonyl (C=O) groups excluding carboxylic acids is 1. The van der Waals surface area contributed by atoms with Gasteiger partial charge in [0.1, 0.15) is 10.0 Å². The highest BCUT2D eigenvalue weighted by Gasteiger charge is 2.22. The zero-order valence-electron chi connectivity index (χ0n) is 17.5. The molecule has 168 valence electrons. The summed E-state index contributed by atoms with van der Waals surface area (Å²) in [5.74, 6) is 0.415. The number of anilines is 1. The Balaban J connectivity index is 1.41. The summed E-state index contributed by atoms with van der Waals surface area (Å²) in [6.45, 7) is 2.98. The second-order valence-corrected chi connectivity index (χ2v) is 10.7. The normalized spacial score (nSPS) is 13.1. The first-order valence-electron chi connectivity index (χ1n) is 10.1. The molecule has 33 heavy (non-hydrogen) atoms. The van der Waals surface area contributed by atoms with Crippen molar-refractivity contribution in [3.05, 3.63) is 81.2 Å². The average Bonchev–Trinajstić information content (AvgIpc) is 3.44. The Kier molecular flexibility index (Phi) is 5.23. The molecule has 0 spiro atoms. The van der Waals surface area contributed by atoms with E-state index in [2.05, 4.69) is 15.6 Å². The first kappa shape index (κ1) is 21.3. The lowest BCUT2D eigenvalue weighted by atomic mass is 10.1. The molecule has 0 radical (unpaired) electrons. The van der Waals surface area contributed by atoms with E-state index in [9.17, 15) is 18.0 Å². The molecule has 1 aliphatic rings. The molecule has 0 saturated carbocycles. The quantitative estimate of drug-likeness (QED) is 0.412. The molecule has 5 rings (SSSR count). The largest absolute Gasteiger partial charge is 0.333 e. The molecule has 11 heteroatoms. The van der Waals surface area contributed by atoms with Crippen LogP contribution in [-0.4, -0.2) is 24.0 Å². The lowest BCUT2D eigenvalue weighted by Gasteiger charge is -2.14. The Hall–Kier alpha value is -3.54. The van der Waals surface area contributed by atoms with E-state index in [1.807, 2.05) is 22.9 Å². The molecule has 2 amide bonds. The average molecular weight is 482 g/mol. The molecular formula is C22H19N5O4S2. The fraction of sp³-hybridized carbons (Fsp3) is 0.136. The second-order valence-electron chi connectivity index (χ2n) is 7.54. The van der Waals surface area contributed by atoms with Crippen molar-refractivity contribution in [1.82, 2.24) is 19.6 Å². The third kappa shape index (κ3) is 3.90. The van der Waals surface area contributed by atoms with Crippen LogP contribution < -0.4 is 20.9 Å². The first-order valence-corrected chi connectivity index (χ1v) is 12.4. The van der Waals surface area contributed by atoms with Crippen molar-refractivity contribution in [2.45, 2.75) is 24.2 Å². The van der Waals surface area contributed by atoms with Gasteiger partial charge >= 0.3 is 6.03 Å². The van der Waals surface area contributed by atoms with E-state index >= 15 is 0 Å². The molecule has 0 saturated heterocycles. The van der Waals surface area contributed by atoms with Crippen molar-refractivity contribution < 1.29 is 13.2 Å². The maximum atomic E-state index is 13.2. The van der Waals surface area contributed by atoms with Gasteiger partial charge < -0.3 is 10.6 Å². The summed E-state index contributed by atoms with van der Waals surface area (Å²) >= 11 is 1.07. The molecule has 4 heterocycles. The summed E-state index contributed by atoms with van der Waals surface area (Å²) in [6, 6.07) is 12.9. The van der Waals surface area contributed by atoms with Crippen molar-refractivity contribution in [3.8, 4) is 5.82 Å². The van der Waals surface area contributed by atoms with Crippen LogP contribution in [0.2, 0.25) is 0 Å². The van der Waals surface area contributed by atoms with E-state index < -0.39 is 16.1 Å². The number of thiophene rings is 1. The van der Waals surface area contributed by atoms with Gasteiger partial charge in [0.15, 0.2) is 0 Å². The molecule has 3 N–H and O–H groups in total. The van der Waals surface area contributed by atoms with Crippen molar-refractivity contribution in [3.63, 3.8) is 0 Å². The van der Waals surface area contributed by atoms with Crippen molar-refractivity contribution in [2.24, 2.45) is 0 Å². The number of nitrogens with one attached hydrogen (secondary N) is 3. The number of pyridine rings is 2. The maximum absolute atomic E-state index is 13.2. The molecule has 0 fully saturated rings. The highest BCUT2D eigenvalue weighted by molar-refractivity contribution is 7.92. The number of urea groups is 1. The molecule has 0 bridgehead atoms. The van der Waals surface area contributed by atoms with Crippen molar-refractivity contribution in [1.29, 1.82) is 0 Å². The third-order valence-corrected chi connectivity index (χ3v) is 8.16. The van der Waals surface area contributed by atoms with E-state index in [1.165, 1.54) is 12.3 Å². The zero-order valence-corrected chi connectivity index (χ0v) is 19.1. The maximum Gasteiger partial charge on any atom is 0.333 e. The molecule has 1 aliphatic heterocycles. The predicted molar refractivity (Wildman–Crippen MR) is 126 cm³/mol. The monoisotopic (exact) mass is 481 g/mol. The number of aromatic nitrogens is 2. The van der Waals surface area contributed by atoms with Gasteiger partial charge in [0.05, 0.1) is 11.9 Å². The standard InChI is InChI=1S/C22H19N5O4S2/c1-13-6-9-20(32-13)33(30,31)26-22(29)25-14-7-8-19(24-10-14)27-18-12-23-11-17(18)15-4-2-3-5-16(15)21(27)28/h2-10,23H,11-12H2,1H3,(H2,25,26,29). The highest BCUT2D eigenvalue weighted by Crippen LogP contribution is 2.25. The number of nitrogens with zero attached hydrogens (tertiary/aromatic N) is 2. The van der Waals surface area contributed by atoms with Gasteiger partial charge in [-0.2, -0.15) is 0 Å². The number of aryl methyl sites for hydroxylation is 1. The van der Waals surface area contributed by atoms with Crippen LogP contribution in [0.15, 0.2) is 63.7 Å². The number of sulfonamides is 1. The molecule has 1 aromatic carbocycles. The van der Waals surface area contributed by atoms with E-state index in [1.54, 1.807) is 35.8 Å². The van der Waals surface area contributed by atoms with Crippen molar-refractivity contribution in [2.75, 3.05) is 5.32 Å². The number of hydrogen-bond donors (Lipinski definition) is 3. The smallest absolute Gasteiger partial charge is 0.307 e. The topological polar surface area (TPSA) is 122 Å². The minimum absolute atomic E-state index is 0.0572. The fourth-order valence-corrected chi connectivity index (χ4v) is 6.07. The lowest BCUT2D eigenvalue weighted by Crippen LogP contribution is -2.34. The predicted octanol–water partition coefficient (Wildman–Crippen LogP) is 2.87. The lowest BCUT2D eigenvalue weighted by molar-refractivity contribution is 0.256. The van der Waals surface area contributed by atoms with Gasteiger partial charge in [-0.05, 0) is 48.2 Å². The van der Waals surface area contributed by atoms with Crippen LogP contribution in [-0.2, 0) is 23.1 Å². The van der Waals surface area contributed by atoms with Gasteiger partial charge in [-0.25, -0.2) is 22.9 Å². The molecule has 4 aromatic rings. The minimum Gasteiger partial charge on any atom is -0.307 e. The first-order chi connectivity index (χ1) is 15.8. The number of benzene rings is 1. The number of carbonyl (C=O) groups is 1.